The van der Waals surface area contributed by atoms with Crippen molar-refractivity contribution >= 4 is 29.9 Å². The van der Waals surface area contributed by atoms with Crippen LogP contribution in [0.4, 0.5) is 0 Å². The summed E-state index contributed by atoms with van der Waals surface area (Å²) < 4.78 is 7.80. The van der Waals surface area contributed by atoms with Crippen LogP contribution in [0.1, 0.15) is 35.9 Å². The van der Waals surface area contributed by atoms with Crippen molar-refractivity contribution in [2.75, 3.05) is 7.05 Å². The van der Waals surface area contributed by atoms with Gasteiger partial charge in [-0.15, -0.1) is 24.0 Å². The molecule has 2 aromatic heterocycles. The highest BCUT2D eigenvalue weighted by Gasteiger charge is 2.12. The van der Waals surface area contributed by atoms with E-state index in [2.05, 4.69) is 37.3 Å². The van der Waals surface area contributed by atoms with Gasteiger partial charge in [0.05, 0.1) is 12.6 Å². The van der Waals surface area contributed by atoms with Gasteiger partial charge in [0.15, 0.2) is 5.96 Å². The predicted molar refractivity (Wildman–Crippen MR) is 118 cm³/mol. The minimum absolute atomic E-state index is 0. The zero-order valence-corrected chi connectivity index (χ0v) is 18.2. The van der Waals surface area contributed by atoms with Crippen molar-refractivity contribution in [3.63, 3.8) is 0 Å². The molecule has 3 rings (SSSR count). The number of rotatable bonds is 6. The molecule has 0 fully saturated rings. The highest BCUT2D eigenvalue weighted by atomic mass is 127. The van der Waals surface area contributed by atoms with Gasteiger partial charge in [-0.2, -0.15) is 0 Å². The monoisotopic (exact) mass is 479 g/mol. The van der Waals surface area contributed by atoms with Crippen molar-refractivity contribution in [1.82, 2.24) is 20.2 Å². The Morgan fingerprint density at radius 2 is 2.00 bits per heavy atom. The first kappa shape index (κ1) is 21.0. The summed E-state index contributed by atoms with van der Waals surface area (Å²) in [7, 11) is 1.76. The third-order valence-corrected chi connectivity index (χ3v) is 4.18. The third kappa shape index (κ3) is 5.85. The molecule has 0 amide bonds. The second kappa shape index (κ2) is 10.1. The number of aliphatic imine (C=N–C) groups is 1. The highest BCUT2D eigenvalue weighted by Crippen LogP contribution is 2.15. The van der Waals surface area contributed by atoms with E-state index in [1.807, 2.05) is 56.6 Å². The lowest BCUT2D eigenvalue weighted by molar-refractivity contribution is 0.441. The number of benzene rings is 1. The number of aryl methyl sites for hydroxylation is 1. The van der Waals surface area contributed by atoms with Crippen LogP contribution in [0, 0.1) is 6.92 Å². The van der Waals surface area contributed by atoms with E-state index >= 15 is 0 Å². The molecular formula is C20H26IN5O. The molecule has 0 saturated carbocycles. The van der Waals surface area contributed by atoms with Crippen molar-refractivity contribution in [2.45, 2.75) is 33.0 Å². The van der Waals surface area contributed by atoms with Crippen LogP contribution >= 0.6 is 24.0 Å². The zero-order chi connectivity index (χ0) is 18.4. The molecular weight excluding hydrogens is 453 g/mol. The van der Waals surface area contributed by atoms with Crippen molar-refractivity contribution in [3.05, 3.63) is 77.8 Å². The summed E-state index contributed by atoms with van der Waals surface area (Å²) in [6.07, 6.45) is 3.82. The fourth-order valence-corrected chi connectivity index (χ4v) is 2.75. The Bertz CT molecular complexity index is 856. The van der Waals surface area contributed by atoms with E-state index in [1.54, 1.807) is 7.05 Å². The molecule has 144 valence electrons. The first-order chi connectivity index (χ1) is 12.7. The second-order valence-corrected chi connectivity index (χ2v) is 6.20. The zero-order valence-electron chi connectivity index (χ0n) is 15.8. The van der Waals surface area contributed by atoms with Crippen LogP contribution in [0.15, 0.2) is 64.3 Å². The number of hydrogen-bond acceptors (Lipinski definition) is 3. The number of halogens is 1. The molecule has 0 radical (unpaired) electrons. The summed E-state index contributed by atoms with van der Waals surface area (Å²) in [5.41, 5.74) is 1.25. The highest BCUT2D eigenvalue weighted by molar-refractivity contribution is 14.0. The van der Waals surface area contributed by atoms with E-state index in [1.165, 1.54) is 5.56 Å². The minimum Gasteiger partial charge on any atom is -0.464 e. The van der Waals surface area contributed by atoms with Gasteiger partial charge in [-0.3, -0.25) is 4.99 Å². The van der Waals surface area contributed by atoms with Crippen molar-refractivity contribution < 1.29 is 4.42 Å². The lowest BCUT2D eigenvalue weighted by Gasteiger charge is -2.16. The molecule has 0 aliphatic carbocycles. The van der Waals surface area contributed by atoms with E-state index in [9.17, 15) is 0 Å². The molecule has 0 saturated heterocycles. The fraction of sp³-hybridized carbons (Fsp3) is 0.300. The first-order valence-corrected chi connectivity index (χ1v) is 8.73. The fourth-order valence-electron chi connectivity index (χ4n) is 2.75. The normalized spacial score (nSPS) is 12.3. The van der Waals surface area contributed by atoms with Gasteiger partial charge in [-0.1, -0.05) is 30.3 Å². The van der Waals surface area contributed by atoms with Crippen molar-refractivity contribution in [1.29, 1.82) is 0 Å². The molecule has 0 bridgehead atoms. The molecule has 0 spiro atoms. The molecule has 27 heavy (non-hydrogen) atoms. The molecule has 0 aliphatic heterocycles. The molecule has 1 aromatic carbocycles. The summed E-state index contributed by atoms with van der Waals surface area (Å²) in [6.45, 7) is 5.37. The van der Waals surface area contributed by atoms with E-state index in [-0.39, 0.29) is 30.0 Å². The molecule has 1 unspecified atom stereocenters. The van der Waals surface area contributed by atoms with Crippen LogP contribution in [0.25, 0.3) is 0 Å². The molecule has 6 nitrogen and oxygen atoms in total. The predicted octanol–water partition coefficient (Wildman–Crippen LogP) is 3.88. The smallest absolute Gasteiger partial charge is 0.191 e. The number of aromatic nitrogens is 2. The minimum atomic E-state index is 0. The summed E-state index contributed by atoms with van der Waals surface area (Å²) >= 11 is 0. The van der Waals surface area contributed by atoms with Crippen LogP contribution in [0.2, 0.25) is 0 Å². The second-order valence-electron chi connectivity index (χ2n) is 6.20. The van der Waals surface area contributed by atoms with Gasteiger partial charge in [0.25, 0.3) is 0 Å². The number of guanidine groups is 1. The molecule has 1 atom stereocenters. The third-order valence-electron chi connectivity index (χ3n) is 4.18. The lowest BCUT2D eigenvalue weighted by Crippen LogP contribution is -2.38. The maximum Gasteiger partial charge on any atom is 0.191 e. The SMILES string of the molecule is CN=C(NCc1nccn1Cc1ccccc1)NC(C)c1ccc(C)o1.I. The van der Waals surface area contributed by atoms with Gasteiger partial charge in [0.1, 0.15) is 17.3 Å². The Morgan fingerprint density at radius 1 is 1.22 bits per heavy atom. The van der Waals surface area contributed by atoms with Gasteiger partial charge in [-0.25, -0.2) is 4.98 Å². The van der Waals surface area contributed by atoms with Crippen LogP contribution in [0.5, 0.6) is 0 Å². The van der Waals surface area contributed by atoms with E-state index in [0.29, 0.717) is 12.5 Å². The molecule has 3 aromatic rings. The average molecular weight is 479 g/mol. The summed E-state index contributed by atoms with van der Waals surface area (Å²) in [4.78, 5) is 8.75. The Hall–Kier alpha value is -2.29. The molecule has 0 aliphatic rings. The first-order valence-electron chi connectivity index (χ1n) is 8.73. The number of imidazole rings is 1. The van der Waals surface area contributed by atoms with Crippen LogP contribution in [-0.2, 0) is 13.1 Å². The van der Waals surface area contributed by atoms with Gasteiger partial charge in [-0.05, 0) is 31.5 Å². The topological polar surface area (TPSA) is 67.4 Å². The summed E-state index contributed by atoms with van der Waals surface area (Å²) in [5.74, 6) is 3.45. The standard InChI is InChI=1S/C20H25N5O.HI/c1-15-9-10-18(26-15)16(2)24-20(21-3)23-13-19-22-11-12-25(19)14-17-7-5-4-6-8-17;/h4-12,16H,13-14H2,1-3H3,(H2,21,23,24);1H. The van der Waals surface area contributed by atoms with Gasteiger partial charge >= 0.3 is 0 Å². The lowest BCUT2D eigenvalue weighted by atomic mass is 10.2. The van der Waals surface area contributed by atoms with Gasteiger partial charge < -0.3 is 19.6 Å². The van der Waals surface area contributed by atoms with Gasteiger partial charge in [0.2, 0.25) is 0 Å². The van der Waals surface area contributed by atoms with Crippen LogP contribution < -0.4 is 10.6 Å². The number of nitrogens with one attached hydrogen (secondary N) is 2. The molecule has 2 heterocycles. The van der Waals surface area contributed by atoms with Crippen molar-refractivity contribution in [3.8, 4) is 0 Å². The quantitative estimate of drug-likeness (QED) is 0.320. The van der Waals surface area contributed by atoms with Crippen LogP contribution in [-0.4, -0.2) is 22.6 Å². The van der Waals surface area contributed by atoms with Gasteiger partial charge in [0, 0.05) is 26.0 Å². The Morgan fingerprint density at radius 3 is 2.67 bits per heavy atom. The Kier molecular flexibility index (Phi) is 7.90. The number of hydrogen-bond donors (Lipinski definition) is 2. The maximum absolute atomic E-state index is 5.66. The Labute approximate surface area is 177 Å². The number of nitrogens with zero attached hydrogens (tertiary/aromatic N) is 3. The summed E-state index contributed by atoms with van der Waals surface area (Å²) in [6, 6.07) is 14.3. The number of furan rings is 1. The average Bonchev–Trinajstić information content (AvgIpc) is 3.28. The van der Waals surface area contributed by atoms with Crippen LogP contribution in [0.3, 0.4) is 0 Å². The molecule has 2 N–H and O–H groups in total. The van der Waals surface area contributed by atoms with Crippen molar-refractivity contribution in [2.24, 2.45) is 4.99 Å². The largest absolute Gasteiger partial charge is 0.464 e. The maximum atomic E-state index is 5.66. The molecule has 7 heteroatoms. The van der Waals surface area contributed by atoms with E-state index in [4.69, 9.17) is 4.42 Å². The summed E-state index contributed by atoms with van der Waals surface area (Å²) in [5, 5.41) is 6.66. The van der Waals surface area contributed by atoms with E-state index < -0.39 is 0 Å². The van der Waals surface area contributed by atoms with E-state index in [0.717, 1.165) is 23.9 Å². The Balaban J connectivity index is 0.00000261.